The van der Waals surface area contributed by atoms with E-state index in [9.17, 15) is 19.2 Å². The molecule has 1 saturated carbocycles. The number of nitrogens with one attached hydrogen (secondary N) is 2. The molecule has 4 rings (SSSR count). The lowest BCUT2D eigenvalue weighted by Crippen LogP contribution is -2.35. The smallest absolute Gasteiger partial charge is 0.362 e. The molecule has 2 heterocycles. The van der Waals surface area contributed by atoms with Gasteiger partial charge in [0.2, 0.25) is 5.69 Å². The average molecular weight is 465 g/mol. The maximum absolute atomic E-state index is 12.1. The van der Waals surface area contributed by atoms with E-state index in [1.807, 2.05) is 4.98 Å². The van der Waals surface area contributed by atoms with E-state index >= 15 is 0 Å². The van der Waals surface area contributed by atoms with E-state index in [2.05, 4.69) is 10.1 Å². The molecule has 0 atom stereocenters. The number of carbonyl (C=O) groups is 1. The molecular weight excluding hydrogens is 451 g/mol. The largest absolute Gasteiger partial charge is 0.476 e. The van der Waals surface area contributed by atoms with Crippen LogP contribution < -0.4 is 21.5 Å². The fourth-order valence-electron chi connectivity index (χ4n) is 3.16. The Labute approximate surface area is 183 Å². The highest BCUT2D eigenvalue weighted by molar-refractivity contribution is 6.37. The van der Waals surface area contributed by atoms with Crippen LogP contribution in [-0.4, -0.2) is 30.8 Å². The second kappa shape index (κ2) is 8.05. The number of carboxylic acids is 1. The van der Waals surface area contributed by atoms with Crippen molar-refractivity contribution in [2.45, 2.75) is 25.2 Å². The van der Waals surface area contributed by atoms with Gasteiger partial charge in [0.05, 0.1) is 15.7 Å². The Hall–Kier alpha value is -3.37. The van der Waals surface area contributed by atoms with Gasteiger partial charge in [0.25, 0.3) is 11.1 Å². The van der Waals surface area contributed by atoms with Crippen molar-refractivity contribution in [1.29, 1.82) is 0 Å². The molecule has 1 aliphatic carbocycles. The minimum atomic E-state index is -1.60. The standard InChI is InChI=1S/C19H14Cl2N4O6/c20-12-4-9(25-19(30)23-17(27)14(24-25)18(28)29)5-13(21)15(12)31-10-6-11(8-2-1-3-8)16(26)22-7-10/h4-8H,1-3H2,(H,22,26)(H,28,29)(H,23,27,30). The predicted molar refractivity (Wildman–Crippen MR) is 111 cm³/mol. The van der Waals surface area contributed by atoms with Gasteiger partial charge in [0.15, 0.2) is 5.75 Å². The van der Waals surface area contributed by atoms with Crippen LogP contribution in [0.25, 0.3) is 5.69 Å². The number of hydrogen-bond acceptors (Lipinski definition) is 6. The molecular formula is C19H14Cl2N4O6. The topological polar surface area (TPSA) is 147 Å². The van der Waals surface area contributed by atoms with Crippen molar-refractivity contribution in [3.05, 3.63) is 76.9 Å². The molecule has 2 aromatic heterocycles. The Morgan fingerprint density at radius 1 is 1.13 bits per heavy atom. The minimum absolute atomic E-state index is 0.00401. The summed E-state index contributed by atoms with van der Waals surface area (Å²) in [6.07, 6.45) is 4.32. The zero-order valence-corrected chi connectivity index (χ0v) is 17.2. The maximum atomic E-state index is 12.1. The molecule has 0 spiro atoms. The highest BCUT2D eigenvalue weighted by Gasteiger charge is 2.23. The first-order chi connectivity index (χ1) is 14.7. The molecule has 0 amide bonds. The summed E-state index contributed by atoms with van der Waals surface area (Å²) in [5.41, 5.74) is -2.51. The number of H-pyrrole nitrogens is 2. The summed E-state index contributed by atoms with van der Waals surface area (Å²) in [4.78, 5) is 51.3. The molecule has 3 N–H and O–H groups in total. The predicted octanol–water partition coefficient (Wildman–Crippen LogP) is 2.67. The van der Waals surface area contributed by atoms with Gasteiger partial charge in [-0.2, -0.15) is 9.78 Å². The third kappa shape index (κ3) is 3.99. The molecule has 0 bridgehead atoms. The normalized spacial score (nSPS) is 13.6. The first-order valence-corrected chi connectivity index (χ1v) is 9.87. The van der Waals surface area contributed by atoms with Crippen LogP contribution in [0, 0.1) is 0 Å². The number of nitrogens with zero attached hydrogens (tertiary/aromatic N) is 2. The van der Waals surface area contributed by atoms with Gasteiger partial charge in [-0.1, -0.05) is 29.6 Å². The lowest BCUT2D eigenvalue weighted by atomic mass is 9.80. The second-order valence-electron chi connectivity index (χ2n) is 6.91. The van der Waals surface area contributed by atoms with Gasteiger partial charge in [-0.3, -0.25) is 14.6 Å². The number of aromatic amines is 2. The minimum Gasteiger partial charge on any atom is -0.476 e. The quantitative estimate of drug-likeness (QED) is 0.525. The van der Waals surface area contributed by atoms with Gasteiger partial charge in [-0.25, -0.2) is 9.59 Å². The fourth-order valence-corrected chi connectivity index (χ4v) is 3.71. The maximum Gasteiger partial charge on any atom is 0.362 e. The van der Waals surface area contributed by atoms with E-state index in [1.54, 1.807) is 6.07 Å². The van der Waals surface area contributed by atoms with Gasteiger partial charge in [0.1, 0.15) is 5.75 Å². The Kier molecular flexibility index (Phi) is 5.42. The van der Waals surface area contributed by atoms with Gasteiger partial charge >= 0.3 is 11.7 Å². The van der Waals surface area contributed by atoms with Crippen LogP contribution >= 0.6 is 23.2 Å². The zero-order chi connectivity index (χ0) is 22.3. The highest BCUT2D eigenvalue weighted by atomic mass is 35.5. The number of aromatic nitrogens is 4. The van der Waals surface area contributed by atoms with Crippen LogP contribution in [0.4, 0.5) is 0 Å². The number of pyridine rings is 1. The molecule has 1 aromatic carbocycles. The monoisotopic (exact) mass is 464 g/mol. The SMILES string of the molecule is O=C(O)c1nn(-c2cc(Cl)c(Oc3c[nH]c(=O)c(C4CCC4)c3)c(Cl)c2)c(=O)[nH]c1=O. The molecule has 0 radical (unpaired) electrons. The van der Waals surface area contributed by atoms with E-state index in [0.29, 0.717) is 16.0 Å². The van der Waals surface area contributed by atoms with Crippen LogP contribution in [0.2, 0.25) is 10.0 Å². The summed E-state index contributed by atoms with van der Waals surface area (Å²) < 4.78 is 6.42. The molecule has 3 aromatic rings. The number of carboxylic acid groups (broad SMARTS) is 1. The summed E-state index contributed by atoms with van der Waals surface area (Å²) in [5, 5.41) is 12.6. The van der Waals surface area contributed by atoms with Gasteiger partial charge in [-0.05, 0) is 37.0 Å². The van der Waals surface area contributed by atoms with Crippen molar-refractivity contribution in [1.82, 2.24) is 19.7 Å². The van der Waals surface area contributed by atoms with Crippen molar-refractivity contribution >= 4 is 29.2 Å². The Morgan fingerprint density at radius 3 is 2.39 bits per heavy atom. The van der Waals surface area contributed by atoms with E-state index < -0.39 is 22.9 Å². The van der Waals surface area contributed by atoms with Crippen LogP contribution in [-0.2, 0) is 0 Å². The third-order valence-electron chi connectivity index (χ3n) is 4.93. The summed E-state index contributed by atoms with van der Waals surface area (Å²) >= 11 is 12.6. The number of ether oxygens (including phenoxy) is 1. The summed E-state index contributed by atoms with van der Waals surface area (Å²) in [6.45, 7) is 0. The molecule has 0 unspecified atom stereocenters. The lowest BCUT2D eigenvalue weighted by molar-refractivity contribution is 0.0685. The van der Waals surface area contributed by atoms with Crippen LogP contribution in [0.1, 0.15) is 41.2 Å². The number of halogens is 2. The molecule has 1 fully saturated rings. The van der Waals surface area contributed by atoms with Gasteiger partial charge in [0, 0.05) is 11.8 Å². The second-order valence-corrected chi connectivity index (χ2v) is 7.73. The van der Waals surface area contributed by atoms with Crippen LogP contribution in [0.15, 0.2) is 38.8 Å². The Bertz CT molecular complexity index is 1350. The Morgan fingerprint density at radius 2 is 1.81 bits per heavy atom. The number of aromatic carboxylic acids is 1. The first kappa shape index (κ1) is 20.9. The van der Waals surface area contributed by atoms with Gasteiger partial charge < -0.3 is 14.8 Å². The van der Waals surface area contributed by atoms with Gasteiger partial charge in [-0.15, -0.1) is 0 Å². The lowest BCUT2D eigenvalue weighted by Gasteiger charge is -2.25. The Balaban J connectivity index is 1.72. The van der Waals surface area contributed by atoms with Crippen molar-refractivity contribution < 1.29 is 14.6 Å². The zero-order valence-electron chi connectivity index (χ0n) is 15.6. The van der Waals surface area contributed by atoms with E-state index in [-0.39, 0.29) is 33.0 Å². The van der Waals surface area contributed by atoms with E-state index in [0.717, 1.165) is 19.3 Å². The number of benzene rings is 1. The van der Waals surface area contributed by atoms with Crippen LogP contribution in [0.5, 0.6) is 11.5 Å². The van der Waals surface area contributed by atoms with E-state index in [1.165, 1.54) is 18.3 Å². The van der Waals surface area contributed by atoms with Crippen molar-refractivity contribution in [2.75, 3.05) is 0 Å². The fraction of sp³-hybridized carbons (Fsp3) is 0.211. The summed E-state index contributed by atoms with van der Waals surface area (Å²) in [5.74, 6) is -1.03. The molecule has 0 saturated heterocycles. The molecule has 0 aliphatic heterocycles. The third-order valence-corrected chi connectivity index (χ3v) is 5.49. The summed E-state index contributed by atoms with van der Waals surface area (Å²) in [7, 11) is 0. The molecule has 12 heteroatoms. The van der Waals surface area contributed by atoms with Crippen molar-refractivity contribution in [2.24, 2.45) is 0 Å². The van der Waals surface area contributed by atoms with E-state index in [4.69, 9.17) is 33.0 Å². The van der Waals surface area contributed by atoms with Crippen molar-refractivity contribution in [3.63, 3.8) is 0 Å². The molecule has 31 heavy (non-hydrogen) atoms. The molecule has 1 aliphatic rings. The van der Waals surface area contributed by atoms with Crippen molar-refractivity contribution in [3.8, 4) is 17.2 Å². The highest BCUT2D eigenvalue weighted by Crippen LogP contribution is 2.39. The molecule has 10 nitrogen and oxygen atoms in total. The average Bonchev–Trinajstić information content (AvgIpc) is 2.65. The van der Waals surface area contributed by atoms with Crippen LogP contribution in [0.3, 0.4) is 0 Å². The number of hydrogen-bond donors (Lipinski definition) is 3. The first-order valence-electron chi connectivity index (χ1n) is 9.11. The summed E-state index contributed by atoms with van der Waals surface area (Å²) in [6, 6.07) is 4.19. The molecule has 160 valence electrons. The number of rotatable bonds is 5.